The Hall–Kier alpha value is -3.46. The molecule has 3 fully saturated rings. The van der Waals surface area contributed by atoms with Crippen LogP contribution >= 0.6 is 12.2 Å². The number of thiocarbonyl (C=S) groups is 1. The van der Waals surface area contributed by atoms with Gasteiger partial charge in [0.25, 0.3) is 5.91 Å². The molecule has 2 unspecified atom stereocenters. The largest absolute Gasteiger partial charge is 0.380 e. The van der Waals surface area contributed by atoms with Crippen molar-refractivity contribution < 1.29 is 33.4 Å². The smallest absolute Gasteiger partial charge is 0.326 e. The third-order valence-corrected chi connectivity index (χ3v) is 9.38. The Kier molecular flexibility index (Phi) is 11.1. The van der Waals surface area contributed by atoms with Crippen LogP contribution in [0.2, 0.25) is 0 Å². The quantitative estimate of drug-likeness (QED) is 0.205. The number of urea groups is 1. The predicted molar refractivity (Wildman–Crippen MR) is 178 cm³/mol. The molecule has 13 heteroatoms. The highest BCUT2D eigenvalue weighted by Crippen LogP contribution is 2.32. The zero-order valence-electron chi connectivity index (χ0n) is 26.9. The summed E-state index contributed by atoms with van der Waals surface area (Å²) in [6.07, 6.45) is 7.00. The van der Waals surface area contributed by atoms with Crippen molar-refractivity contribution >= 4 is 47.6 Å². The van der Waals surface area contributed by atoms with E-state index >= 15 is 0 Å². The molecular weight excluding hydrogens is 622 g/mol. The summed E-state index contributed by atoms with van der Waals surface area (Å²) in [5.74, 6) is -1.01. The number of morpholine rings is 1. The topological polar surface area (TPSA) is 115 Å². The van der Waals surface area contributed by atoms with Gasteiger partial charge in [-0.1, -0.05) is 30.4 Å². The Balaban J connectivity index is 1.23. The van der Waals surface area contributed by atoms with Crippen LogP contribution < -0.4 is 16.0 Å². The highest BCUT2D eigenvalue weighted by molar-refractivity contribution is 7.79. The first kappa shape index (κ1) is 33.4. The molecule has 2 atom stereocenters. The summed E-state index contributed by atoms with van der Waals surface area (Å²) in [7, 11) is 1.55. The van der Waals surface area contributed by atoms with Gasteiger partial charge in [-0.3, -0.25) is 19.4 Å². The lowest BCUT2D eigenvalue weighted by Gasteiger charge is -2.41. The molecule has 6 rings (SSSR count). The number of nitrogens with zero attached hydrogens (tertiary/aromatic N) is 4. The average Bonchev–Trinajstić information content (AvgIpc) is 3.39. The predicted octanol–water partition coefficient (Wildman–Crippen LogP) is 1.52. The molecule has 5 heterocycles. The number of fused-ring (bicyclic) bond motifs is 4. The van der Waals surface area contributed by atoms with Crippen LogP contribution in [0.1, 0.15) is 58.8 Å². The van der Waals surface area contributed by atoms with E-state index in [1.165, 1.54) is 4.90 Å². The van der Waals surface area contributed by atoms with Crippen molar-refractivity contribution in [2.24, 2.45) is 0 Å². The molecule has 1 N–H and O–H groups in total. The number of aromatic nitrogens is 1. The molecule has 4 aliphatic rings. The zero-order valence-corrected chi connectivity index (χ0v) is 27.7. The Morgan fingerprint density at radius 1 is 1.11 bits per heavy atom. The van der Waals surface area contributed by atoms with Gasteiger partial charge in [0.05, 0.1) is 38.9 Å². The van der Waals surface area contributed by atoms with Crippen LogP contribution in [0, 0.1) is 0 Å². The third-order valence-electron chi connectivity index (χ3n) is 9.24. The summed E-state index contributed by atoms with van der Waals surface area (Å²) in [4.78, 5) is 49.9. The normalized spacial score (nSPS) is 22.5. The van der Waals surface area contributed by atoms with Crippen molar-refractivity contribution in [1.82, 2.24) is 24.7 Å². The van der Waals surface area contributed by atoms with Crippen molar-refractivity contribution in [3.05, 3.63) is 57.2 Å². The molecule has 2 bridgehead atoms. The molecule has 3 saturated heterocycles. The number of likely N-dealkylation sites (N-methyl/N-ethyl adjacent to an activating group) is 1. The fourth-order valence-electron chi connectivity index (χ4n) is 6.71. The SMILES string of the molecule is CN1C(=O)C2CN(Cc3c2c(=C/CCOCCN2CCOCC2)/c(=C\C=S)n3Cc2ccc(C(=O)NOC3CCCCO3)cc2)C1=O. The average molecular weight is 666 g/mol. The van der Waals surface area contributed by atoms with E-state index in [2.05, 4.69) is 21.0 Å². The number of rotatable bonds is 12. The number of carbonyl (C=O) groups excluding carboxylic acids is 3. The summed E-state index contributed by atoms with van der Waals surface area (Å²) in [6.45, 7) is 7.26. The summed E-state index contributed by atoms with van der Waals surface area (Å²) < 4.78 is 19.1. The van der Waals surface area contributed by atoms with Gasteiger partial charge in [-0.05, 0) is 48.6 Å². The van der Waals surface area contributed by atoms with E-state index in [-0.39, 0.29) is 17.8 Å². The number of hydroxylamine groups is 1. The van der Waals surface area contributed by atoms with E-state index in [9.17, 15) is 14.4 Å². The van der Waals surface area contributed by atoms with E-state index in [0.29, 0.717) is 51.4 Å². The van der Waals surface area contributed by atoms with Crippen molar-refractivity contribution in [2.45, 2.75) is 51.0 Å². The first-order valence-electron chi connectivity index (χ1n) is 16.4. The number of imide groups is 1. The highest BCUT2D eigenvalue weighted by Gasteiger charge is 2.44. The summed E-state index contributed by atoms with van der Waals surface area (Å²) in [5, 5.41) is 3.43. The monoisotopic (exact) mass is 665 g/mol. The lowest BCUT2D eigenvalue weighted by molar-refractivity contribution is -0.186. The Labute approximate surface area is 279 Å². The van der Waals surface area contributed by atoms with Crippen molar-refractivity contribution in [3.63, 3.8) is 0 Å². The van der Waals surface area contributed by atoms with E-state index in [0.717, 1.165) is 79.5 Å². The summed E-state index contributed by atoms with van der Waals surface area (Å²) >= 11 is 5.31. The number of nitrogens with one attached hydrogen (secondary N) is 1. The van der Waals surface area contributed by atoms with Gasteiger partial charge in [-0.15, -0.1) is 0 Å². The van der Waals surface area contributed by atoms with Gasteiger partial charge in [0.2, 0.25) is 5.91 Å². The maximum Gasteiger partial charge on any atom is 0.326 e. The third kappa shape index (κ3) is 7.66. The van der Waals surface area contributed by atoms with Crippen LogP contribution in [-0.2, 0) is 36.9 Å². The molecule has 4 amide bonds. The van der Waals surface area contributed by atoms with E-state index < -0.39 is 12.2 Å². The molecule has 0 saturated carbocycles. The number of ether oxygens (including phenoxy) is 3. The van der Waals surface area contributed by atoms with E-state index in [1.807, 2.05) is 18.2 Å². The molecule has 0 spiro atoms. The number of carbonyl (C=O) groups is 3. The van der Waals surface area contributed by atoms with Crippen LogP contribution in [-0.4, -0.2) is 115 Å². The first-order valence-corrected chi connectivity index (χ1v) is 16.9. The molecule has 1 aromatic heterocycles. The number of hydrogen-bond acceptors (Lipinski definition) is 9. The van der Waals surface area contributed by atoms with Gasteiger partial charge >= 0.3 is 6.03 Å². The Bertz CT molecular complexity index is 1580. The van der Waals surface area contributed by atoms with E-state index in [1.54, 1.807) is 29.4 Å². The second-order valence-electron chi connectivity index (χ2n) is 12.3. The molecule has 1 aromatic carbocycles. The fraction of sp³-hybridized carbons (Fsp3) is 0.529. The summed E-state index contributed by atoms with van der Waals surface area (Å²) in [6, 6.07) is 7.03. The van der Waals surface area contributed by atoms with Crippen LogP contribution in [0.25, 0.3) is 12.2 Å². The lowest BCUT2D eigenvalue weighted by atomic mass is 9.89. The molecule has 2 aromatic rings. The fourth-order valence-corrected chi connectivity index (χ4v) is 6.84. The van der Waals surface area contributed by atoms with Gasteiger partial charge in [0.15, 0.2) is 6.29 Å². The zero-order chi connectivity index (χ0) is 32.8. The minimum atomic E-state index is -0.465. The highest BCUT2D eigenvalue weighted by atomic mass is 32.1. The molecule has 0 aliphatic carbocycles. The van der Waals surface area contributed by atoms with Crippen LogP contribution in [0.15, 0.2) is 24.3 Å². The lowest BCUT2D eigenvalue weighted by Crippen LogP contribution is -2.56. The van der Waals surface area contributed by atoms with Crippen molar-refractivity contribution in [2.75, 3.05) is 66.3 Å². The van der Waals surface area contributed by atoms with Crippen LogP contribution in [0.5, 0.6) is 0 Å². The maximum absolute atomic E-state index is 13.4. The molecule has 4 aliphatic heterocycles. The van der Waals surface area contributed by atoms with Crippen molar-refractivity contribution in [3.8, 4) is 0 Å². The molecule has 12 nitrogen and oxygen atoms in total. The number of benzene rings is 1. The molecule has 47 heavy (non-hydrogen) atoms. The maximum atomic E-state index is 13.4. The van der Waals surface area contributed by atoms with Gasteiger partial charge in [0.1, 0.15) is 0 Å². The summed E-state index contributed by atoms with van der Waals surface area (Å²) in [5.41, 5.74) is 5.79. The molecule has 252 valence electrons. The van der Waals surface area contributed by atoms with E-state index in [4.69, 9.17) is 31.3 Å². The standard InChI is InChI=1S/C34H43N5O7S/c1-36-33(41)27-22-38(34(36)42)23-29-31(27)26(5-4-15-43-17-12-37-13-18-44-19-14-37)28(11-20-47)39(29)21-24-7-9-25(10-8-24)32(40)35-46-30-6-2-3-16-45-30/h5,7-11,20,27,30H,2-4,6,12-19,21-23H2,1H3,(H,35,40)/b26-5+,28-11+. The Morgan fingerprint density at radius 3 is 2.66 bits per heavy atom. The second kappa shape index (κ2) is 15.6. The minimum Gasteiger partial charge on any atom is -0.380 e. The van der Waals surface area contributed by atoms with Crippen LogP contribution in [0.4, 0.5) is 4.79 Å². The van der Waals surface area contributed by atoms with Gasteiger partial charge in [-0.2, -0.15) is 0 Å². The van der Waals surface area contributed by atoms with Crippen LogP contribution in [0.3, 0.4) is 0 Å². The second-order valence-corrected chi connectivity index (χ2v) is 12.5. The first-order chi connectivity index (χ1) is 22.9. The van der Waals surface area contributed by atoms with Gasteiger partial charge in [0, 0.05) is 80.0 Å². The van der Waals surface area contributed by atoms with Gasteiger partial charge in [-0.25, -0.2) is 15.1 Å². The molecular formula is C34H43N5O7S. The van der Waals surface area contributed by atoms with Gasteiger partial charge < -0.3 is 23.7 Å². The molecule has 0 radical (unpaired) electrons. The number of amides is 4. The van der Waals surface area contributed by atoms with Crippen molar-refractivity contribution in [1.29, 1.82) is 0 Å². The minimum absolute atomic E-state index is 0.203. The number of hydrogen-bond donors (Lipinski definition) is 1. The Morgan fingerprint density at radius 2 is 1.91 bits per heavy atom.